The van der Waals surface area contributed by atoms with E-state index in [0.717, 1.165) is 11.8 Å². The standard InChI is InChI=1S/C15H18O3S/c16-15(17)13-3-1-2-4-14(13)19(18)9-12-8-10-5-6-11(12)7-10/h1-4,10-12H,5-9H2,(H,16,17). The summed E-state index contributed by atoms with van der Waals surface area (Å²) < 4.78 is 12.5. The molecule has 4 unspecified atom stereocenters. The van der Waals surface area contributed by atoms with E-state index in [4.69, 9.17) is 5.11 Å². The first-order chi connectivity index (χ1) is 9.15. The van der Waals surface area contributed by atoms with Gasteiger partial charge in [-0.15, -0.1) is 0 Å². The molecule has 0 spiro atoms. The zero-order valence-electron chi connectivity index (χ0n) is 10.7. The van der Waals surface area contributed by atoms with E-state index in [1.165, 1.54) is 31.7 Å². The van der Waals surface area contributed by atoms with Gasteiger partial charge in [-0.25, -0.2) is 4.79 Å². The van der Waals surface area contributed by atoms with Crippen LogP contribution in [0.5, 0.6) is 0 Å². The third kappa shape index (κ3) is 2.46. The van der Waals surface area contributed by atoms with Crippen LogP contribution in [0.4, 0.5) is 0 Å². The molecule has 0 aliphatic heterocycles. The van der Waals surface area contributed by atoms with Crippen LogP contribution in [-0.4, -0.2) is 21.0 Å². The van der Waals surface area contributed by atoms with Gasteiger partial charge >= 0.3 is 5.97 Å². The SMILES string of the molecule is O=C(O)c1ccccc1S(=O)CC1CC2CCC1C2. The average Bonchev–Trinajstić information content (AvgIpc) is 3.01. The fourth-order valence-electron chi connectivity index (χ4n) is 3.71. The lowest BCUT2D eigenvalue weighted by atomic mass is 9.90. The van der Waals surface area contributed by atoms with Crippen LogP contribution in [-0.2, 0) is 10.8 Å². The molecule has 2 fully saturated rings. The number of carbonyl (C=O) groups is 1. The Balaban J connectivity index is 1.76. The molecule has 1 aromatic carbocycles. The number of carboxylic acids is 1. The van der Waals surface area contributed by atoms with Crippen molar-refractivity contribution in [3.05, 3.63) is 29.8 Å². The molecule has 102 valence electrons. The number of hydrogen-bond donors (Lipinski definition) is 1. The minimum absolute atomic E-state index is 0.184. The van der Waals surface area contributed by atoms with Crippen molar-refractivity contribution in [1.82, 2.24) is 0 Å². The number of carboxylic acid groups (broad SMARTS) is 1. The third-order valence-electron chi connectivity index (χ3n) is 4.61. The van der Waals surface area contributed by atoms with Crippen molar-refractivity contribution < 1.29 is 14.1 Å². The second-order valence-electron chi connectivity index (χ2n) is 5.75. The van der Waals surface area contributed by atoms with Crippen molar-refractivity contribution >= 4 is 16.8 Å². The van der Waals surface area contributed by atoms with E-state index in [-0.39, 0.29) is 5.56 Å². The Morgan fingerprint density at radius 1 is 1.26 bits per heavy atom. The highest BCUT2D eigenvalue weighted by molar-refractivity contribution is 7.85. The first-order valence-corrected chi connectivity index (χ1v) is 8.17. The van der Waals surface area contributed by atoms with Crippen molar-refractivity contribution in [2.45, 2.75) is 30.6 Å². The van der Waals surface area contributed by atoms with Crippen LogP contribution in [0.2, 0.25) is 0 Å². The topological polar surface area (TPSA) is 54.4 Å². The van der Waals surface area contributed by atoms with Crippen molar-refractivity contribution in [2.75, 3.05) is 5.75 Å². The van der Waals surface area contributed by atoms with Crippen LogP contribution in [0.15, 0.2) is 29.2 Å². The molecular weight excluding hydrogens is 260 g/mol. The lowest BCUT2D eigenvalue weighted by Crippen LogP contribution is -2.19. The fourth-order valence-corrected chi connectivity index (χ4v) is 5.31. The highest BCUT2D eigenvalue weighted by atomic mass is 32.2. The van der Waals surface area contributed by atoms with Crippen LogP contribution in [0, 0.1) is 17.8 Å². The van der Waals surface area contributed by atoms with Crippen LogP contribution < -0.4 is 0 Å². The molecule has 4 heteroatoms. The Kier molecular flexibility index (Phi) is 3.44. The second-order valence-corrected chi connectivity index (χ2v) is 7.21. The maximum atomic E-state index is 12.5. The molecule has 19 heavy (non-hydrogen) atoms. The molecular formula is C15H18O3S. The molecule has 2 aliphatic rings. The maximum Gasteiger partial charge on any atom is 0.336 e. The summed E-state index contributed by atoms with van der Waals surface area (Å²) in [6, 6.07) is 6.67. The zero-order valence-corrected chi connectivity index (χ0v) is 11.6. The average molecular weight is 278 g/mol. The van der Waals surface area contributed by atoms with Crippen LogP contribution in [0.25, 0.3) is 0 Å². The summed E-state index contributed by atoms with van der Waals surface area (Å²) in [6.07, 6.45) is 5.08. The quantitative estimate of drug-likeness (QED) is 0.921. The van der Waals surface area contributed by atoms with Gasteiger partial charge in [0.2, 0.25) is 0 Å². The van der Waals surface area contributed by atoms with E-state index in [2.05, 4.69) is 0 Å². The van der Waals surface area contributed by atoms with Gasteiger partial charge in [-0.2, -0.15) is 0 Å². The molecule has 3 rings (SSSR count). The third-order valence-corrected chi connectivity index (χ3v) is 6.19. The van der Waals surface area contributed by atoms with E-state index in [1.54, 1.807) is 18.2 Å². The van der Waals surface area contributed by atoms with Gasteiger partial charge in [0.25, 0.3) is 0 Å². The van der Waals surface area contributed by atoms with Crippen molar-refractivity contribution in [3.63, 3.8) is 0 Å². The molecule has 0 saturated heterocycles. The lowest BCUT2D eigenvalue weighted by Gasteiger charge is -2.21. The Morgan fingerprint density at radius 3 is 2.68 bits per heavy atom. The second kappa shape index (κ2) is 5.08. The number of benzene rings is 1. The number of hydrogen-bond acceptors (Lipinski definition) is 2. The highest BCUT2D eigenvalue weighted by Crippen LogP contribution is 2.48. The summed E-state index contributed by atoms with van der Waals surface area (Å²) in [7, 11) is -1.19. The van der Waals surface area contributed by atoms with Crippen molar-refractivity contribution in [1.29, 1.82) is 0 Å². The van der Waals surface area contributed by atoms with Gasteiger partial charge in [0, 0.05) is 5.75 Å². The largest absolute Gasteiger partial charge is 0.478 e. The number of aromatic carboxylic acids is 1. The van der Waals surface area contributed by atoms with Gasteiger partial charge in [0.05, 0.1) is 21.3 Å². The first-order valence-electron chi connectivity index (χ1n) is 6.86. The number of fused-ring (bicyclic) bond motifs is 2. The predicted molar refractivity (Wildman–Crippen MR) is 73.6 cm³/mol. The normalized spacial score (nSPS) is 30.4. The molecule has 0 heterocycles. The van der Waals surface area contributed by atoms with E-state index < -0.39 is 16.8 Å². The Hall–Kier alpha value is -1.16. The minimum Gasteiger partial charge on any atom is -0.478 e. The monoisotopic (exact) mass is 278 g/mol. The molecule has 4 atom stereocenters. The van der Waals surface area contributed by atoms with Gasteiger partial charge < -0.3 is 5.11 Å². The Morgan fingerprint density at radius 2 is 2.05 bits per heavy atom. The predicted octanol–water partition coefficient (Wildman–Crippen LogP) is 2.93. The molecule has 1 N–H and O–H groups in total. The molecule has 1 aromatic rings. The molecule has 2 bridgehead atoms. The summed E-state index contributed by atoms with van der Waals surface area (Å²) in [6.45, 7) is 0. The van der Waals surface area contributed by atoms with E-state index in [0.29, 0.717) is 16.6 Å². The molecule has 2 aliphatic carbocycles. The summed E-state index contributed by atoms with van der Waals surface area (Å²) in [5.74, 6) is 1.73. The maximum absolute atomic E-state index is 12.5. The molecule has 0 amide bonds. The minimum atomic E-state index is -1.19. The lowest BCUT2D eigenvalue weighted by molar-refractivity contribution is 0.0693. The molecule has 0 aromatic heterocycles. The smallest absolute Gasteiger partial charge is 0.336 e. The van der Waals surface area contributed by atoms with Crippen LogP contribution in [0.3, 0.4) is 0 Å². The van der Waals surface area contributed by atoms with Gasteiger partial charge in [-0.1, -0.05) is 18.6 Å². The Bertz CT molecular complexity index is 526. The summed E-state index contributed by atoms with van der Waals surface area (Å²) in [4.78, 5) is 11.6. The van der Waals surface area contributed by atoms with Crippen LogP contribution in [0.1, 0.15) is 36.0 Å². The zero-order chi connectivity index (χ0) is 13.4. The summed E-state index contributed by atoms with van der Waals surface area (Å²) in [5.41, 5.74) is 0.184. The van der Waals surface area contributed by atoms with Gasteiger partial charge in [0.1, 0.15) is 0 Å². The number of rotatable bonds is 4. The van der Waals surface area contributed by atoms with Gasteiger partial charge in [-0.05, 0) is 49.1 Å². The van der Waals surface area contributed by atoms with Gasteiger partial charge in [-0.3, -0.25) is 4.21 Å². The fraction of sp³-hybridized carbons (Fsp3) is 0.533. The molecule has 2 saturated carbocycles. The summed E-state index contributed by atoms with van der Waals surface area (Å²) in [5, 5.41) is 9.15. The van der Waals surface area contributed by atoms with Crippen molar-refractivity contribution in [2.24, 2.45) is 17.8 Å². The Labute approximate surface area is 115 Å². The van der Waals surface area contributed by atoms with E-state index in [9.17, 15) is 9.00 Å². The van der Waals surface area contributed by atoms with Crippen LogP contribution >= 0.6 is 0 Å². The highest BCUT2D eigenvalue weighted by Gasteiger charge is 2.40. The van der Waals surface area contributed by atoms with Gasteiger partial charge in [0.15, 0.2) is 0 Å². The first kappa shape index (κ1) is 12.9. The van der Waals surface area contributed by atoms with Crippen molar-refractivity contribution in [3.8, 4) is 0 Å². The summed E-state index contributed by atoms with van der Waals surface area (Å²) >= 11 is 0. The van der Waals surface area contributed by atoms with E-state index in [1.807, 2.05) is 0 Å². The molecule has 0 radical (unpaired) electrons. The molecule has 3 nitrogen and oxygen atoms in total. The van der Waals surface area contributed by atoms with E-state index >= 15 is 0 Å².